The van der Waals surface area contributed by atoms with E-state index >= 15 is 0 Å². The predicted molar refractivity (Wildman–Crippen MR) is 64.1 cm³/mol. The van der Waals surface area contributed by atoms with Crippen LogP contribution in [0.2, 0.25) is 0 Å². The fraction of sp³-hybridized carbons (Fsp3) is 0.727. The number of nitrogens with zero attached hydrogens (tertiary/aromatic N) is 1. The van der Waals surface area contributed by atoms with Crippen molar-refractivity contribution in [3.05, 3.63) is 16.1 Å². The first-order valence-corrected chi connectivity index (χ1v) is 6.46. The van der Waals surface area contributed by atoms with Crippen LogP contribution >= 0.6 is 11.3 Å². The molecule has 1 saturated heterocycles. The summed E-state index contributed by atoms with van der Waals surface area (Å²) in [5.41, 5.74) is 1.13. The molecule has 2 rings (SSSR count). The van der Waals surface area contributed by atoms with Gasteiger partial charge in [-0.2, -0.15) is 0 Å². The lowest BCUT2D eigenvalue weighted by Crippen LogP contribution is -2.26. The first kappa shape index (κ1) is 11.0. The third-order valence-electron chi connectivity index (χ3n) is 3.03. The van der Waals surface area contributed by atoms with Gasteiger partial charge in [0.05, 0.1) is 0 Å². The predicted octanol–water partition coefficient (Wildman–Crippen LogP) is 1.40. The molecule has 0 saturated carbocycles. The van der Waals surface area contributed by atoms with Crippen molar-refractivity contribution in [3.63, 3.8) is 0 Å². The molecule has 15 heavy (non-hydrogen) atoms. The van der Waals surface area contributed by atoms with E-state index in [2.05, 4.69) is 27.9 Å². The standard InChI is InChI=1S/C11H19N3S/c1-8-3-12-4-10(8)5-13-6-11-14-9(2)7-15-11/h7-8,10,12-13H,3-6H2,1-2H3/t8-,10+/m1/s1. The van der Waals surface area contributed by atoms with Gasteiger partial charge in [-0.1, -0.05) is 6.92 Å². The monoisotopic (exact) mass is 225 g/mol. The third-order valence-corrected chi connectivity index (χ3v) is 3.99. The van der Waals surface area contributed by atoms with E-state index in [1.807, 2.05) is 6.92 Å². The average Bonchev–Trinajstić information content (AvgIpc) is 2.77. The summed E-state index contributed by atoms with van der Waals surface area (Å²) in [5.74, 6) is 1.58. The summed E-state index contributed by atoms with van der Waals surface area (Å²) in [6, 6.07) is 0. The molecular formula is C11H19N3S. The van der Waals surface area contributed by atoms with E-state index < -0.39 is 0 Å². The molecule has 4 heteroatoms. The minimum absolute atomic E-state index is 0.783. The van der Waals surface area contributed by atoms with Gasteiger partial charge in [-0.05, 0) is 38.4 Å². The third kappa shape index (κ3) is 3.00. The van der Waals surface area contributed by atoms with E-state index in [-0.39, 0.29) is 0 Å². The Hall–Kier alpha value is -0.450. The van der Waals surface area contributed by atoms with E-state index in [4.69, 9.17) is 0 Å². The first-order valence-electron chi connectivity index (χ1n) is 5.58. The number of hydrogen-bond acceptors (Lipinski definition) is 4. The van der Waals surface area contributed by atoms with Crippen molar-refractivity contribution in [1.29, 1.82) is 0 Å². The SMILES string of the molecule is Cc1csc(CNC[C@@H]2CNC[C@H]2C)n1. The Kier molecular flexibility index (Phi) is 3.72. The zero-order valence-corrected chi connectivity index (χ0v) is 10.2. The fourth-order valence-electron chi connectivity index (χ4n) is 1.99. The lowest BCUT2D eigenvalue weighted by Gasteiger charge is -2.13. The van der Waals surface area contributed by atoms with Crippen molar-refractivity contribution < 1.29 is 0 Å². The maximum absolute atomic E-state index is 4.43. The smallest absolute Gasteiger partial charge is 0.107 e. The highest BCUT2D eigenvalue weighted by atomic mass is 32.1. The molecule has 0 amide bonds. The van der Waals surface area contributed by atoms with Crippen LogP contribution in [0.5, 0.6) is 0 Å². The van der Waals surface area contributed by atoms with Gasteiger partial charge < -0.3 is 10.6 Å². The normalized spacial score (nSPS) is 26.0. The molecular weight excluding hydrogens is 206 g/mol. The van der Waals surface area contributed by atoms with Crippen molar-refractivity contribution >= 4 is 11.3 Å². The zero-order valence-electron chi connectivity index (χ0n) is 9.42. The van der Waals surface area contributed by atoms with E-state index in [1.165, 1.54) is 11.6 Å². The molecule has 84 valence electrons. The summed E-state index contributed by atoms with van der Waals surface area (Å²) >= 11 is 1.74. The number of aryl methyl sites for hydroxylation is 1. The van der Waals surface area contributed by atoms with Crippen LogP contribution < -0.4 is 10.6 Å². The molecule has 0 bridgehead atoms. The summed E-state index contributed by atoms with van der Waals surface area (Å²) in [7, 11) is 0. The molecule has 1 fully saturated rings. The van der Waals surface area contributed by atoms with Crippen molar-refractivity contribution in [1.82, 2.24) is 15.6 Å². The van der Waals surface area contributed by atoms with Crippen LogP contribution in [0.15, 0.2) is 5.38 Å². The second-order valence-electron chi connectivity index (χ2n) is 4.41. The van der Waals surface area contributed by atoms with Crippen LogP contribution in [0.1, 0.15) is 17.6 Å². The summed E-state index contributed by atoms with van der Waals surface area (Å²) in [5, 5.41) is 10.2. The Morgan fingerprint density at radius 1 is 1.60 bits per heavy atom. The van der Waals surface area contributed by atoms with E-state index in [0.29, 0.717) is 0 Å². The highest BCUT2D eigenvalue weighted by Crippen LogP contribution is 2.15. The summed E-state index contributed by atoms with van der Waals surface area (Å²) in [4.78, 5) is 4.43. The summed E-state index contributed by atoms with van der Waals surface area (Å²) in [6.07, 6.45) is 0. The quantitative estimate of drug-likeness (QED) is 0.813. The van der Waals surface area contributed by atoms with Gasteiger partial charge in [0.2, 0.25) is 0 Å². The molecule has 1 aliphatic heterocycles. The van der Waals surface area contributed by atoms with Crippen LogP contribution in [0.3, 0.4) is 0 Å². The lowest BCUT2D eigenvalue weighted by molar-refractivity contribution is 0.420. The molecule has 2 N–H and O–H groups in total. The molecule has 0 aliphatic carbocycles. The van der Waals surface area contributed by atoms with Gasteiger partial charge in [0.15, 0.2) is 0 Å². The second-order valence-corrected chi connectivity index (χ2v) is 5.35. The lowest BCUT2D eigenvalue weighted by atomic mass is 9.98. The average molecular weight is 225 g/mol. The number of thiazole rings is 1. The number of hydrogen-bond donors (Lipinski definition) is 2. The molecule has 0 aromatic carbocycles. The Morgan fingerprint density at radius 2 is 2.47 bits per heavy atom. The number of aromatic nitrogens is 1. The number of rotatable bonds is 4. The van der Waals surface area contributed by atoms with Crippen LogP contribution in [0, 0.1) is 18.8 Å². The fourth-order valence-corrected chi connectivity index (χ4v) is 2.73. The van der Waals surface area contributed by atoms with Gasteiger partial charge >= 0.3 is 0 Å². The second kappa shape index (κ2) is 5.05. The Labute approximate surface area is 95.3 Å². The van der Waals surface area contributed by atoms with Gasteiger partial charge in [-0.15, -0.1) is 11.3 Å². The highest BCUT2D eigenvalue weighted by molar-refractivity contribution is 7.09. The maximum Gasteiger partial charge on any atom is 0.107 e. The van der Waals surface area contributed by atoms with Crippen LogP contribution in [0.25, 0.3) is 0 Å². The van der Waals surface area contributed by atoms with E-state index in [9.17, 15) is 0 Å². The van der Waals surface area contributed by atoms with Gasteiger partial charge in [0, 0.05) is 17.6 Å². The molecule has 3 nitrogen and oxygen atoms in total. The topological polar surface area (TPSA) is 37.0 Å². The minimum atomic E-state index is 0.783. The van der Waals surface area contributed by atoms with Gasteiger partial charge in [0.1, 0.15) is 5.01 Å². The van der Waals surface area contributed by atoms with Gasteiger partial charge in [-0.3, -0.25) is 0 Å². The maximum atomic E-state index is 4.43. The Bertz CT molecular complexity index is 311. The first-order chi connectivity index (χ1) is 7.25. The van der Waals surface area contributed by atoms with Crippen molar-refractivity contribution in [2.24, 2.45) is 11.8 Å². The van der Waals surface area contributed by atoms with Gasteiger partial charge in [-0.25, -0.2) is 4.98 Å². The molecule has 0 radical (unpaired) electrons. The van der Waals surface area contributed by atoms with E-state index in [0.717, 1.165) is 37.2 Å². The van der Waals surface area contributed by atoms with Crippen LogP contribution in [-0.2, 0) is 6.54 Å². The Morgan fingerprint density at radius 3 is 3.07 bits per heavy atom. The minimum Gasteiger partial charge on any atom is -0.316 e. The van der Waals surface area contributed by atoms with Crippen molar-refractivity contribution in [3.8, 4) is 0 Å². The summed E-state index contributed by atoms with van der Waals surface area (Å²) in [6.45, 7) is 8.71. The Balaban J connectivity index is 1.70. The molecule has 0 unspecified atom stereocenters. The molecule has 2 heterocycles. The molecule has 1 aromatic heterocycles. The van der Waals surface area contributed by atoms with Crippen LogP contribution in [0.4, 0.5) is 0 Å². The van der Waals surface area contributed by atoms with Crippen molar-refractivity contribution in [2.75, 3.05) is 19.6 Å². The summed E-state index contributed by atoms with van der Waals surface area (Å²) < 4.78 is 0. The molecule has 1 aromatic rings. The van der Waals surface area contributed by atoms with Crippen molar-refractivity contribution in [2.45, 2.75) is 20.4 Å². The molecule has 2 atom stereocenters. The molecule has 1 aliphatic rings. The van der Waals surface area contributed by atoms with Crippen LogP contribution in [-0.4, -0.2) is 24.6 Å². The highest BCUT2D eigenvalue weighted by Gasteiger charge is 2.22. The zero-order chi connectivity index (χ0) is 10.7. The number of nitrogens with one attached hydrogen (secondary N) is 2. The largest absolute Gasteiger partial charge is 0.316 e. The van der Waals surface area contributed by atoms with Gasteiger partial charge in [0.25, 0.3) is 0 Å². The molecule has 0 spiro atoms. The van der Waals surface area contributed by atoms with E-state index in [1.54, 1.807) is 11.3 Å².